The fourth-order valence-corrected chi connectivity index (χ4v) is 6.40. The second-order valence-corrected chi connectivity index (χ2v) is 12.6. The van der Waals surface area contributed by atoms with Gasteiger partial charge in [0.2, 0.25) is 0 Å². The van der Waals surface area contributed by atoms with Crippen molar-refractivity contribution >= 4 is 38.7 Å². The van der Waals surface area contributed by atoms with Crippen molar-refractivity contribution in [2.75, 3.05) is 34.7 Å². The molecule has 0 bridgehead atoms. The van der Waals surface area contributed by atoms with Gasteiger partial charge in [-0.2, -0.15) is 5.10 Å². The zero-order chi connectivity index (χ0) is 34.0. The van der Waals surface area contributed by atoms with E-state index in [0.29, 0.717) is 52.1 Å². The number of pyridine rings is 1. The Hall–Kier alpha value is -5.96. The largest absolute Gasteiger partial charge is 0.497 e. The number of aryl methyl sites for hydroxylation is 1. The predicted octanol–water partition coefficient (Wildman–Crippen LogP) is 4.64. The highest BCUT2D eigenvalue weighted by Gasteiger charge is 2.24. The summed E-state index contributed by atoms with van der Waals surface area (Å²) in [7, 11) is -2.51. The number of nitrogens with two attached hydrogens (primary N) is 1. The lowest BCUT2D eigenvalue weighted by atomic mass is 10.1. The van der Waals surface area contributed by atoms with Gasteiger partial charge >= 0.3 is 0 Å². The number of benzene rings is 2. The number of anilines is 4. The molecule has 246 valence electrons. The molecule has 0 spiro atoms. The number of ether oxygens (including phenoxy) is 1. The molecule has 6 rings (SSSR count). The molecule has 15 heteroatoms. The SMILES string of the molecule is CCNc1ncc(-c2c(N)ncnc2N[C@@H](C)c2nn3ccc(C)c3c(=O)n2-c2ccccc2)cc1NS(=O)(=O)c1ccc(OC)cc1. The summed E-state index contributed by atoms with van der Waals surface area (Å²) in [5.74, 6) is 1.73. The highest BCUT2D eigenvalue weighted by atomic mass is 32.2. The van der Waals surface area contributed by atoms with Crippen LogP contribution in [0.4, 0.5) is 23.1 Å². The maximum Gasteiger partial charge on any atom is 0.282 e. The van der Waals surface area contributed by atoms with E-state index in [1.54, 1.807) is 39.7 Å². The van der Waals surface area contributed by atoms with E-state index in [9.17, 15) is 13.2 Å². The van der Waals surface area contributed by atoms with Crippen LogP contribution in [-0.4, -0.2) is 51.2 Å². The molecule has 48 heavy (non-hydrogen) atoms. The number of methoxy groups -OCH3 is 1. The number of nitrogen functional groups attached to an aromatic ring is 1. The third-order valence-corrected chi connectivity index (χ3v) is 9.06. The first-order valence-corrected chi connectivity index (χ1v) is 16.5. The minimum atomic E-state index is -4.01. The molecule has 0 aliphatic rings. The van der Waals surface area contributed by atoms with E-state index in [0.717, 1.165) is 5.56 Å². The van der Waals surface area contributed by atoms with Crippen molar-refractivity contribution in [2.45, 2.75) is 31.7 Å². The van der Waals surface area contributed by atoms with Crippen molar-refractivity contribution in [1.82, 2.24) is 29.1 Å². The molecule has 2 aromatic carbocycles. The Morgan fingerprint density at radius 2 is 1.75 bits per heavy atom. The van der Waals surface area contributed by atoms with E-state index in [1.165, 1.54) is 25.6 Å². The van der Waals surface area contributed by atoms with Gasteiger partial charge < -0.3 is 21.1 Å². The summed E-state index contributed by atoms with van der Waals surface area (Å²) in [6, 6.07) is 18.2. The van der Waals surface area contributed by atoms with Crippen LogP contribution in [0.3, 0.4) is 0 Å². The Kier molecular flexibility index (Phi) is 8.69. The number of hydrogen-bond acceptors (Lipinski definition) is 11. The van der Waals surface area contributed by atoms with Gasteiger partial charge in [-0.25, -0.2) is 27.9 Å². The maximum atomic E-state index is 13.9. The summed E-state index contributed by atoms with van der Waals surface area (Å²) >= 11 is 0. The molecule has 4 heterocycles. The fraction of sp³-hybridized carbons (Fsp3) is 0.182. The first-order chi connectivity index (χ1) is 23.1. The van der Waals surface area contributed by atoms with Gasteiger partial charge in [-0.3, -0.25) is 14.1 Å². The molecule has 0 fully saturated rings. The van der Waals surface area contributed by atoms with Gasteiger partial charge in [-0.1, -0.05) is 18.2 Å². The standard InChI is InChI=1S/C33H34N10O4S/c1-5-35-30-26(41-48(45,46)25-13-11-24(47-4)12-14-25)17-22(18-36-30)27-29(34)37-19-38-31(27)39-21(3)32-40-42-16-15-20(2)28(42)33(44)43(32)23-9-7-6-8-10-23/h6-19,21,41H,5H2,1-4H3,(H,35,36)(H3,34,37,38,39)/t21-/m0/s1. The number of aromatic nitrogens is 6. The number of para-hydroxylation sites is 1. The smallest absolute Gasteiger partial charge is 0.282 e. The summed E-state index contributed by atoms with van der Waals surface area (Å²) in [5, 5.41) is 11.3. The average Bonchev–Trinajstić information content (AvgIpc) is 3.46. The zero-order valence-corrected chi connectivity index (χ0v) is 27.5. The Balaban J connectivity index is 1.41. The predicted molar refractivity (Wildman–Crippen MR) is 185 cm³/mol. The summed E-state index contributed by atoms with van der Waals surface area (Å²) in [6.45, 7) is 6.09. The van der Waals surface area contributed by atoms with E-state index >= 15 is 0 Å². The van der Waals surface area contributed by atoms with E-state index in [4.69, 9.17) is 15.6 Å². The van der Waals surface area contributed by atoms with Crippen molar-refractivity contribution in [3.05, 3.63) is 107 Å². The van der Waals surface area contributed by atoms with Crippen LogP contribution in [0.1, 0.15) is 31.3 Å². The maximum absolute atomic E-state index is 13.9. The van der Waals surface area contributed by atoms with Gasteiger partial charge in [0.05, 0.1) is 35.0 Å². The lowest BCUT2D eigenvalue weighted by Gasteiger charge is -2.21. The third kappa shape index (κ3) is 6.10. The number of sulfonamides is 1. The third-order valence-electron chi connectivity index (χ3n) is 7.68. The van der Waals surface area contributed by atoms with Crippen molar-refractivity contribution in [3.8, 4) is 22.6 Å². The molecule has 6 aromatic rings. The van der Waals surface area contributed by atoms with E-state index in [1.807, 2.05) is 57.2 Å². The highest BCUT2D eigenvalue weighted by molar-refractivity contribution is 7.92. The lowest BCUT2D eigenvalue weighted by Crippen LogP contribution is -2.29. The van der Waals surface area contributed by atoms with Gasteiger partial charge in [0.1, 0.15) is 35.0 Å². The Morgan fingerprint density at radius 3 is 2.46 bits per heavy atom. The molecule has 4 aromatic heterocycles. The van der Waals surface area contributed by atoms with Crippen molar-refractivity contribution in [3.63, 3.8) is 0 Å². The molecule has 0 amide bonds. The van der Waals surface area contributed by atoms with E-state index in [-0.39, 0.29) is 22.0 Å². The number of rotatable bonds is 11. The van der Waals surface area contributed by atoms with Gasteiger partial charge in [-0.05, 0) is 74.9 Å². The van der Waals surface area contributed by atoms with E-state index in [2.05, 4.69) is 30.3 Å². The van der Waals surface area contributed by atoms with Crippen LogP contribution < -0.4 is 31.4 Å². The topological polar surface area (TPSA) is 183 Å². The molecule has 14 nitrogen and oxygen atoms in total. The highest BCUT2D eigenvalue weighted by Crippen LogP contribution is 2.36. The molecule has 0 saturated carbocycles. The van der Waals surface area contributed by atoms with Crippen LogP contribution in [-0.2, 0) is 10.0 Å². The van der Waals surface area contributed by atoms with E-state index < -0.39 is 16.1 Å². The second-order valence-electron chi connectivity index (χ2n) is 10.9. The number of nitrogens with one attached hydrogen (secondary N) is 3. The average molecular weight is 667 g/mol. The first kappa shape index (κ1) is 32.0. The second kappa shape index (κ2) is 13.0. The van der Waals surface area contributed by atoms with Crippen LogP contribution in [0.2, 0.25) is 0 Å². The van der Waals surface area contributed by atoms with Crippen LogP contribution in [0, 0.1) is 6.92 Å². The zero-order valence-electron chi connectivity index (χ0n) is 26.7. The summed E-state index contributed by atoms with van der Waals surface area (Å²) in [6.07, 6.45) is 4.62. The van der Waals surface area contributed by atoms with Crippen molar-refractivity contribution in [1.29, 1.82) is 0 Å². The monoisotopic (exact) mass is 666 g/mol. The molecule has 1 atom stereocenters. The normalized spacial score (nSPS) is 12.1. The van der Waals surface area contributed by atoms with Crippen molar-refractivity contribution < 1.29 is 13.2 Å². The van der Waals surface area contributed by atoms with Gasteiger partial charge in [0.25, 0.3) is 15.6 Å². The molecular weight excluding hydrogens is 632 g/mol. The molecule has 0 aliphatic heterocycles. The van der Waals surface area contributed by atoms with Crippen LogP contribution in [0.5, 0.6) is 5.75 Å². The fourth-order valence-electron chi connectivity index (χ4n) is 5.35. The summed E-state index contributed by atoms with van der Waals surface area (Å²) < 4.78 is 37.8. The summed E-state index contributed by atoms with van der Waals surface area (Å²) in [5.41, 5.74) is 9.16. The molecule has 0 saturated heterocycles. The molecule has 5 N–H and O–H groups in total. The van der Waals surface area contributed by atoms with Crippen LogP contribution in [0.15, 0.2) is 95.1 Å². The first-order valence-electron chi connectivity index (χ1n) is 15.1. The molecule has 0 unspecified atom stereocenters. The lowest BCUT2D eigenvalue weighted by molar-refractivity contribution is 0.414. The molecule has 0 radical (unpaired) electrons. The van der Waals surface area contributed by atoms with Crippen LogP contribution >= 0.6 is 0 Å². The minimum absolute atomic E-state index is 0.0432. The van der Waals surface area contributed by atoms with Crippen LogP contribution in [0.25, 0.3) is 22.3 Å². The Morgan fingerprint density at radius 1 is 1.00 bits per heavy atom. The van der Waals surface area contributed by atoms with Gasteiger partial charge in [-0.15, -0.1) is 0 Å². The Labute approximate surface area is 276 Å². The summed E-state index contributed by atoms with van der Waals surface area (Å²) in [4.78, 5) is 27.1. The number of hydrogen-bond donors (Lipinski definition) is 4. The van der Waals surface area contributed by atoms with Gasteiger partial charge in [0.15, 0.2) is 5.82 Å². The minimum Gasteiger partial charge on any atom is -0.497 e. The Bertz CT molecular complexity index is 2270. The molecule has 0 aliphatic carbocycles. The van der Waals surface area contributed by atoms with Gasteiger partial charge in [0, 0.05) is 24.5 Å². The van der Waals surface area contributed by atoms with Crippen molar-refractivity contribution in [2.24, 2.45) is 0 Å². The quantitative estimate of drug-likeness (QED) is 0.151. The molecular formula is C33H34N10O4S. The number of nitrogens with zero attached hydrogens (tertiary/aromatic N) is 6. The number of fused-ring (bicyclic) bond motifs is 1.